The Morgan fingerprint density at radius 3 is 2.59 bits per heavy atom. The second-order valence-electron chi connectivity index (χ2n) is 10.7. The largest absolute Gasteiger partial charge is 0.330 e. The van der Waals surface area contributed by atoms with Crippen molar-refractivity contribution in [3.8, 4) is 0 Å². The fourth-order valence-electron chi connectivity index (χ4n) is 8.10. The fourth-order valence-corrected chi connectivity index (χ4v) is 9.69. The number of hydrogen-bond donors (Lipinski definition) is 1. The van der Waals surface area contributed by atoms with Gasteiger partial charge in [-0.2, -0.15) is 0 Å². The van der Waals surface area contributed by atoms with Crippen molar-refractivity contribution in [2.24, 2.45) is 46.2 Å². The summed E-state index contributed by atoms with van der Waals surface area (Å²) in [6, 6.07) is 0. The first-order valence-electron chi connectivity index (χ1n) is 11.4. The van der Waals surface area contributed by atoms with Crippen molar-refractivity contribution in [3.63, 3.8) is 0 Å². The highest BCUT2D eigenvalue weighted by molar-refractivity contribution is 7.85. The number of Topliss-reactive ketones (excluding diaryl/α,β-unsaturated/α-hetero) is 1. The summed E-state index contributed by atoms with van der Waals surface area (Å²) in [6.07, 6.45) is 10.0. The molecule has 4 saturated carbocycles. The number of nitrogens with two attached hydrogens (primary N) is 1. The van der Waals surface area contributed by atoms with Crippen molar-refractivity contribution < 1.29 is 9.00 Å². The molecule has 4 heteroatoms. The van der Waals surface area contributed by atoms with Crippen LogP contribution in [-0.2, 0) is 15.6 Å². The van der Waals surface area contributed by atoms with Crippen LogP contribution >= 0.6 is 0 Å². The summed E-state index contributed by atoms with van der Waals surface area (Å²) < 4.78 is 12.8. The number of rotatable bonds is 4. The average Bonchev–Trinajstić information content (AvgIpc) is 2.95. The van der Waals surface area contributed by atoms with Crippen LogP contribution < -0.4 is 5.73 Å². The van der Waals surface area contributed by atoms with E-state index in [-0.39, 0.29) is 5.41 Å². The molecule has 2 N–H and O–H groups in total. The maximum Gasteiger partial charge on any atom is 0.139 e. The lowest BCUT2D eigenvalue weighted by Crippen LogP contribution is -2.56. The molecule has 4 aliphatic rings. The summed E-state index contributed by atoms with van der Waals surface area (Å²) in [4.78, 5) is 12.6. The van der Waals surface area contributed by atoms with Gasteiger partial charge in [0.1, 0.15) is 5.78 Å². The number of ketones is 1. The zero-order valence-electron chi connectivity index (χ0n) is 17.5. The summed E-state index contributed by atoms with van der Waals surface area (Å²) in [5.41, 5.74) is 6.00. The zero-order valence-corrected chi connectivity index (χ0v) is 18.4. The molecule has 0 aliphatic heterocycles. The highest BCUT2D eigenvalue weighted by Crippen LogP contribution is 2.66. The molecule has 4 fully saturated rings. The van der Waals surface area contributed by atoms with E-state index in [0.717, 1.165) is 56.1 Å². The highest BCUT2D eigenvalue weighted by atomic mass is 32.2. The van der Waals surface area contributed by atoms with Crippen LogP contribution in [0.5, 0.6) is 0 Å². The molecule has 4 rings (SSSR count). The SMILES string of the molecule is CC1C[C@@H]2[C@@H](CC[C@]3(C)C(=O)CC[C@@H]23)[C@@]2(C)CCC(S(=O)CCCN)CC12. The minimum absolute atomic E-state index is 0.0228. The third kappa shape index (κ3) is 3.08. The minimum atomic E-state index is -0.705. The van der Waals surface area contributed by atoms with Crippen molar-refractivity contribution in [3.05, 3.63) is 0 Å². The summed E-state index contributed by atoms with van der Waals surface area (Å²) in [7, 11) is -0.705. The molecule has 0 saturated heterocycles. The van der Waals surface area contributed by atoms with E-state index in [1.165, 1.54) is 19.3 Å². The molecule has 0 aromatic rings. The summed E-state index contributed by atoms with van der Waals surface area (Å²) >= 11 is 0. The van der Waals surface area contributed by atoms with Crippen molar-refractivity contribution in [1.29, 1.82) is 0 Å². The highest BCUT2D eigenvalue weighted by Gasteiger charge is 2.61. The molecule has 0 aromatic heterocycles. The Bertz CT molecular complexity index is 621. The van der Waals surface area contributed by atoms with Crippen molar-refractivity contribution >= 4 is 16.6 Å². The molecule has 27 heavy (non-hydrogen) atoms. The Balaban J connectivity index is 1.54. The fraction of sp³-hybridized carbons (Fsp3) is 0.957. The van der Waals surface area contributed by atoms with E-state index in [0.29, 0.717) is 40.7 Å². The molecule has 0 radical (unpaired) electrons. The van der Waals surface area contributed by atoms with Crippen LogP contribution in [0.3, 0.4) is 0 Å². The van der Waals surface area contributed by atoms with E-state index < -0.39 is 10.8 Å². The maximum atomic E-state index is 12.8. The second-order valence-corrected chi connectivity index (χ2v) is 12.6. The van der Waals surface area contributed by atoms with Gasteiger partial charge in [-0.05, 0) is 92.9 Å². The Hall–Kier alpha value is -0.220. The van der Waals surface area contributed by atoms with Crippen LogP contribution in [0.15, 0.2) is 0 Å². The van der Waals surface area contributed by atoms with Gasteiger partial charge in [0.25, 0.3) is 0 Å². The van der Waals surface area contributed by atoms with Gasteiger partial charge in [-0.1, -0.05) is 20.8 Å². The summed E-state index contributed by atoms with van der Waals surface area (Å²) in [5, 5.41) is 0.385. The van der Waals surface area contributed by atoms with E-state index in [9.17, 15) is 9.00 Å². The molecular weight excluding hydrogens is 354 g/mol. The number of fused-ring (bicyclic) bond motifs is 5. The van der Waals surface area contributed by atoms with E-state index in [2.05, 4.69) is 20.8 Å². The van der Waals surface area contributed by atoms with Gasteiger partial charge in [0.15, 0.2) is 0 Å². The molecule has 154 valence electrons. The first-order chi connectivity index (χ1) is 12.8. The van der Waals surface area contributed by atoms with Gasteiger partial charge in [0.05, 0.1) is 0 Å². The van der Waals surface area contributed by atoms with E-state index in [1.807, 2.05) is 0 Å². The number of carbonyl (C=O) groups excluding carboxylic acids is 1. The molecule has 0 amide bonds. The summed E-state index contributed by atoms with van der Waals surface area (Å²) in [5.74, 6) is 4.88. The van der Waals surface area contributed by atoms with Gasteiger partial charge in [0.2, 0.25) is 0 Å². The predicted octanol–water partition coefficient (Wildman–Crippen LogP) is 4.31. The van der Waals surface area contributed by atoms with Crippen LogP contribution in [-0.4, -0.2) is 27.5 Å². The first kappa shape index (κ1) is 20.1. The molecule has 0 bridgehead atoms. The lowest BCUT2D eigenvalue weighted by molar-refractivity contribution is -0.144. The molecular formula is C23H39NO2S. The molecule has 4 unspecified atom stereocenters. The standard InChI is InChI=1S/C23H39NO2S/c1-15-13-17-18-5-6-21(25)23(18,3)10-8-19(17)22(2)9-7-16(14-20(15)22)27(26)12-4-11-24/h15-20H,4-14,24H2,1-3H3/t15?,16?,17-,18-,19+,20?,22+,23-,27?/m0/s1. The Morgan fingerprint density at radius 2 is 1.85 bits per heavy atom. The van der Waals surface area contributed by atoms with Gasteiger partial charge >= 0.3 is 0 Å². The van der Waals surface area contributed by atoms with E-state index >= 15 is 0 Å². The Labute approximate surface area is 168 Å². The Kier molecular flexibility index (Phi) is 5.38. The monoisotopic (exact) mass is 393 g/mol. The van der Waals surface area contributed by atoms with Crippen LogP contribution in [0.4, 0.5) is 0 Å². The molecule has 9 atom stereocenters. The molecule has 0 spiro atoms. The third-order valence-corrected chi connectivity index (χ3v) is 11.5. The van der Waals surface area contributed by atoms with Crippen molar-refractivity contribution in [1.82, 2.24) is 0 Å². The smallest absolute Gasteiger partial charge is 0.139 e. The molecule has 0 heterocycles. The number of carbonyl (C=O) groups is 1. The zero-order chi connectivity index (χ0) is 19.4. The first-order valence-corrected chi connectivity index (χ1v) is 12.8. The average molecular weight is 394 g/mol. The third-order valence-electron chi connectivity index (χ3n) is 9.61. The lowest BCUT2D eigenvalue weighted by atomic mass is 9.43. The van der Waals surface area contributed by atoms with Gasteiger partial charge < -0.3 is 5.73 Å². The second kappa shape index (κ2) is 7.23. The van der Waals surface area contributed by atoms with E-state index in [1.54, 1.807) is 0 Å². The van der Waals surface area contributed by atoms with Gasteiger partial charge in [-0.3, -0.25) is 9.00 Å². The summed E-state index contributed by atoms with van der Waals surface area (Å²) in [6.45, 7) is 7.94. The van der Waals surface area contributed by atoms with Crippen LogP contribution in [0, 0.1) is 40.4 Å². The van der Waals surface area contributed by atoms with Crippen LogP contribution in [0.25, 0.3) is 0 Å². The van der Waals surface area contributed by atoms with Gasteiger partial charge in [-0.15, -0.1) is 0 Å². The molecule has 0 aromatic carbocycles. The van der Waals surface area contributed by atoms with Crippen LogP contribution in [0.1, 0.15) is 78.6 Å². The normalized spacial score (nSPS) is 50.6. The lowest BCUT2D eigenvalue weighted by Gasteiger charge is -2.62. The van der Waals surface area contributed by atoms with Crippen molar-refractivity contribution in [2.45, 2.75) is 83.8 Å². The van der Waals surface area contributed by atoms with Crippen LogP contribution in [0.2, 0.25) is 0 Å². The number of hydrogen-bond acceptors (Lipinski definition) is 3. The van der Waals surface area contributed by atoms with Gasteiger partial charge in [-0.25, -0.2) is 0 Å². The predicted molar refractivity (Wildman–Crippen MR) is 112 cm³/mol. The van der Waals surface area contributed by atoms with E-state index in [4.69, 9.17) is 5.73 Å². The topological polar surface area (TPSA) is 60.2 Å². The maximum absolute atomic E-state index is 12.8. The molecule has 3 nitrogen and oxygen atoms in total. The Morgan fingerprint density at radius 1 is 1.07 bits per heavy atom. The quantitative estimate of drug-likeness (QED) is 0.774. The van der Waals surface area contributed by atoms with Gasteiger partial charge in [0, 0.05) is 33.6 Å². The molecule has 4 aliphatic carbocycles. The van der Waals surface area contributed by atoms with Crippen molar-refractivity contribution in [2.75, 3.05) is 12.3 Å². The minimum Gasteiger partial charge on any atom is -0.330 e.